The molecule has 1 heterocycles. The molecule has 0 aliphatic heterocycles. The summed E-state index contributed by atoms with van der Waals surface area (Å²) in [6.45, 7) is -0.174. The summed E-state index contributed by atoms with van der Waals surface area (Å²) in [5.41, 5.74) is 0.914. The number of nitrogens with one attached hydrogen (secondary N) is 2. The molecule has 0 fully saturated rings. The van der Waals surface area contributed by atoms with Crippen LogP contribution in [0, 0.1) is 0 Å². The van der Waals surface area contributed by atoms with Crippen LogP contribution in [-0.4, -0.2) is 25.5 Å². The Kier molecular flexibility index (Phi) is 5.73. The number of ether oxygens (including phenoxy) is 2. The molecule has 138 valence electrons. The first-order chi connectivity index (χ1) is 13.2. The molecular formula is C20H18N2O5. The Bertz CT molecular complexity index is 904. The maximum Gasteiger partial charge on any atom is 0.291 e. The van der Waals surface area contributed by atoms with E-state index in [1.165, 1.54) is 6.26 Å². The molecule has 0 saturated carbocycles. The Hall–Kier alpha value is -3.74. The SMILES string of the molecule is COc1ccc(OCC(=O)Nc2ccccc2NC(=O)c2ccco2)cc1. The zero-order chi connectivity index (χ0) is 19.1. The first-order valence-corrected chi connectivity index (χ1v) is 8.16. The second-order valence-corrected chi connectivity index (χ2v) is 5.49. The van der Waals surface area contributed by atoms with Crippen molar-refractivity contribution in [2.45, 2.75) is 0 Å². The Labute approximate surface area is 155 Å². The second kappa shape index (κ2) is 8.57. The summed E-state index contributed by atoms with van der Waals surface area (Å²) in [6.07, 6.45) is 1.42. The summed E-state index contributed by atoms with van der Waals surface area (Å²) >= 11 is 0. The van der Waals surface area contributed by atoms with Crippen molar-refractivity contribution in [1.82, 2.24) is 0 Å². The molecule has 0 atom stereocenters. The van der Waals surface area contributed by atoms with E-state index in [-0.39, 0.29) is 18.3 Å². The van der Waals surface area contributed by atoms with Crippen LogP contribution in [0.5, 0.6) is 11.5 Å². The predicted molar refractivity (Wildman–Crippen MR) is 100 cm³/mol. The van der Waals surface area contributed by atoms with Crippen molar-refractivity contribution < 1.29 is 23.5 Å². The highest BCUT2D eigenvalue weighted by Gasteiger charge is 2.13. The monoisotopic (exact) mass is 366 g/mol. The number of para-hydroxylation sites is 2. The van der Waals surface area contributed by atoms with Gasteiger partial charge in [-0.2, -0.15) is 0 Å². The van der Waals surface area contributed by atoms with Crippen molar-refractivity contribution in [3.05, 3.63) is 72.7 Å². The molecule has 27 heavy (non-hydrogen) atoms. The number of carbonyl (C=O) groups excluding carboxylic acids is 2. The lowest BCUT2D eigenvalue weighted by Crippen LogP contribution is -2.21. The summed E-state index contributed by atoms with van der Waals surface area (Å²) in [4.78, 5) is 24.3. The van der Waals surface area contributed by atoms with Crippen LogP contribution in [-0.2, 0) is 4.79 Å². The first kappa shape index (κ1) is 18.1. The molecule has 2 N–H and O–H groups in total. The minimum Gasteiger partial charge on any atom is -0.497 e. The number of hydrogen-bond acceptors (Lipinski definition) is 5. The third kappa shape index (κ3) is 4.88. The molecule has 1 aromatic heterocycles. The fourth-order valence-electron chi connectivity index (χ4n) is 2.30. The third-order valence-corrected chi connectivity index (χ3v) is 3.62. The van der Waals surface area contributed by atoms with Crippen LogP contribution in [0.4, 0.5) is 11.4 Å². The van der Waals surface area contributed by atoms with Crippen LogP contribution >= 0.6 is 0 Å². The van der Waals surface area contributed by atoms with Gasteiger partial charge in [-0.1, -0.05) is 12.1 Å². The fraction of sp³-hybridized carbons (Fsp3) is 0.100. The second-order valence-electron chi connectivity index (χ2n) is 5.49. The standard InChI is InChI=1S/C20H18N2O5/c1-25-14-8-10-15(11-9-14)27-13-19(23)21-16-5-2-3-6-17(16)22-20(24)18-7-4-12-26-18/h2-12H,13H2,1H3,(H,21,23)(H,22,24). The molecular weight excluding hydrogens is 348 g/mol. The van der Waals surface area contributed by atoms with Gasteiger partial charge < -0.3 is 24.5 Å². The average Bonchev–Trinajstić information content (AvgIpc) is 3.23. The number of methoxy groups -OCH3 is 1. The summed E-state index contributed by atoms with van der Waals surface area (Å²) < 4.78 is 15.6. The number of carbonyl (C=O) groups is 2. The molecule has 3 rings (SSSR count). The summed E-state index contributed by atoms with van der Waals surface area (Å²) in [7, 11) is 1.57. The zero-order valence-corrected chi connectivity index (χ0v) is 14.6. The molecule has 0 radical (unpaired) electrons. The van der Waals surface area contributed by atoms with Gasteiger partial charge in [0.1, 0.15) is 11.5 Å². The smallest absolute Gasteiger partial charge is 0.291 e. The number of rotatable bonds is 7. The Morgan fingerprint density at radius 2 is 1.56 bits per heavy atom. The number of benzene rings is 2. The number of furan rings is 1. The summed E-state index contributed by atoms with van der Waals surface area (Å²) in [5.74, 6) is 0.666. The molecule has 3 aromatic rings. The van der Waals surface area contributed by atoms with Gasteiger partial charge in [0.2, 0.25) is 0 Å². The van der Waals surface area contributed by atoms with Crippen molar-refractivity contribution >= 4 is 23.2 Å². The largest absolute Gasteiger partial charge is 0.497 e. The molecule has 2 amide bonds. The predicted octanol–water partition coefficient (Wildman–Crippen LogP) is 3.56. The minimum atomic E-state index is -0.406. The van der Waals surface area contributed by atoms with Crippen LogP contribution in [0.2, 0.25) is 0 Å². The van der Waals surface area contributed by atoms with E-state index in [0.29, 0.717) is 22.9 Å². The molecule has 0 saturated heterocycles. The summed E-state index contributed by atoms with van der Waals surface area (Å²) in [5, 5.41) is 5.42. The van der Waals surface area contributed by atoms with Crippen molar-refractivity contribution in [1.29, 1.82) is 0 Å². The maximum absolute atomic E-state index is 12.2. The van der Waals surface area contributed by atoms with Gasteiger partial charge in [0.05, 0.1) is 24.7 Å². The number of hydrogen-bond donors (Lipinski definition) is 2. The van der Waals surface area contributed by atoms with Crippen LogP contribution in [0.1, 0.15) is 10.6 Å². The zero-order valence-electron chi connectivity index (χ0n) is 14.6. The van der Waals surface area contributed by atoms with E-state index in [9.17, 15) is 9.59 Å². The molecule has 2 aromatic carbocycles. The molecule has 7 nitrogen and oxygen atoms in total. The van der Waals surface area contributed by atoms with E-state index >= 15 is 0 Å². The van der Waals surface area contributed by atoms with E-state index in [0.717, 1.165) is 0 Å². The van der Waals surface area contributed by atoms with E-state index in [1.54, 1.807) is 67.8 Å². The lowest BCUT2D eigenvalue weighted by molar-refractivity contribution is -0.118. The highest BCUT2D eigenvalue weighted by Crippen LogP contribution is 2.22. The van der Waals surface area contributed by atoms with Crippen molar-refractivity contribution in [3.63, 3.8) is 0 Å². The van der Waals surface area contributed by atoms with Crippen LogP contribution in [0.25, 0.3) is 0 Å². The van der Waals surface area contributed by atoms with E-state index in [2.05, 4.69) is 10.6 Å². The normalized spacial score (nSPS) is 10.1. The summed E-state index contributed by atoms with van der Waals surface area (Å²) in [6, 6.07) is 17.0. The van der Waals surface area contributed by atoms with E-state index < -0.39 is 5.91 Å². The van der Waals surface area contributed by atoms with Gasteiger partial charge in [-0.15, -0.1) is 0 Å². The highest BCUT2D eigenvalue weighted by atomic mass is 16.5. The van der Waals surface area contributed by atoms with Crippen molar-refractivity contribution in [3.8, 4) is 11.5 Å². The fourth-order valence-corrected chi connectivity index (χ4v) is 2.30. The molecule has 0 aliphatic carbocycles. The van der Waals surface area contributed by atoms with Crippen LogP contribution in [0.15, 0.2) is 71.3 Å². The lowest BCUT2D eigenvalue weighted by Gasteiger charge is -2.12. The van der Waals surface area contributed by atoms with Crippen LogP contribution < -0.4 is 20.1 Å². The third-order valence-electron chi connectivity index (χ3n) is 3.62. The van der Waals surface area contributed by atoms with Gasteiger partial charge in [0.15, 0.2) is 12.4 Å². The Morgan fingerprint density at radius 1 is 0.889 bits per heavy atom. The molecule has 0 unspecified atom stereocenters. The van der Waals surface area contributed by atoms with Gasteiger partial charge in [-0.05, 0) is 48.5 Å². The number of anilines is 2. The van der Waals surface area contributed by atoms with E-state index in [1.807, 2.05) is 0 Å². The van der Waals surface area contributed by atoms with Gasteiger partial charge >= 0.3 is 0 Å². The molecule has 0 aliphatic rings. The Balaban J connectivity index is 1.59. The molecule has 0 bridgehead atoms. The quantitative estimate of drug-likeness (QED) is 0.667. The molecule has 0 spiro atoms. The number of amides is 2. The average molecular weight is 366 g/mol. The lowest BCUT2D eigenvalue weighted by atomic mass is 10.2. The van der Waals surface area contributed by atoms with Crippen molar-refractivity contribution in [2.24, 2.45) is 0 Å². The highest BCUT2D eigenvalue weighted by molar-refractivity contribution is 6.05. The Morgan fingerprint density at radius 3 is 2.19 bits per heavy atom. The topological polar surface area (TPSA) is 89.8 Å². The van der Waals surface area contributed by atoms with Crippen molar-refractivity contribution in [2.75, 3.05) is 24.4 Å². The van der Waals surface area contributed by atoms with E-state index in [4.69, 9.17) is 13.9 Å². The first-order valence-electron chi connectivity index (χ1n) is 8.16. The van der Waals surface area contributed by atoms with Gasteiger partial charge in [-0.3, -0.25) is 9.59 Å². The van der Waals surface area contributed by atoms with Gasteiger partial charge in [0.25, 0.3) is 11.8 Å². The van der Waals surface area contributed by atoms with Crippen LogP contribution in [0.3, 0.4) is 0 Å². The minimum absolute atomic E-state index is 0.174. The van der Waals surface area contributed by atoms with Gasteiger partial charge in [0, 0.05) is 0 Å². The molecule has 7 heteroatoms. The maximum atomic E-state index is 12.2. The van der Waals surface area contributed by atoms with Gasteiger partial charge in [-0.25, -0.2) is 0 Å².